The highest BCUT2D eigenvalue weighted by Gasteiger charge is 2.52. The zero-order valence-electron chi connectivity index (χ0n) is 12.3. The highest BCUT2D eigenvalue weighted by Crippen LogP contribution is 2.48. The van der Waals surface area contributed by atoms with Crippen LogP contribution < -0.4 is 0 Å². The molecule has 0 heterocycles. The highest BCUT2D eigenvalue weighted by atomic mass is 16.5. The lowest BCUT2D eigenvalue weighted by Gasteiger charge is -2.33. The summed E-state index contributed by atoms with van der Waals surface area (Å²) in [5.74, 6) is -1.78. The smallest absolute Gasteiger partial charge is 0.307 e. The molecular weight excluding hydrogens is 258 g/mol. The monoisotopic (exact) mass is 281 g/mol. The highest BCUT2D eigenvalue weighted by molar-refractivity contribution is 5.87. The van der Waals surface area contributed by atoms with Gasteiger partial charge in [0.25, 0.3) is 0 Å². The van der Waals surface area contributed by atoms with E-state index in [0.717, 1.165) is 6.42 Å². The number of ether oxygens (including phenoxy) is 1. The van der Waals surface area contributed by atoms with Crippen molar-refractivity contribution in [2.45, 2.75) is 26.3 Å². The molecule has 2 bridgehead atoms. The summed E-state index contributed by atoms with van der Waals surface area (Å²) in [4.78, 5) is 26.0. The van der Waals surface area contributed by atoms with Gasteiger partial charge < -0.3 is 14.7 Å². The van der Waals surface area contributed by atoms with Gasteiger partial charge in [0, 0.05) is 19.7 Å². The lowest BCUT2D eigenvalue weighted by Crippen LogP contribution is -2.47. The molecule has 4 atom stereocenters. The molecule has 5 nitrogen and oxygen atoms in total. The number of methoxy groups -OCH3 is 1. The van der Waals surface area contributed by atoms with E-state index in [1.807, 2.05) is 26.0 Å². The molecule has 0 aromatic heterocycles. The summed E-state index contributed by atoms with van der Waals surface area (Å²) in [7, 11) is 1.60. The van der Waals surface area contributed by atoms with Crippen LogP contribution in [0.15, 0.2) is 12.2 Å². The van der Waals surface area contributed by atoms with E-state index >= 15 is 0 Å². The van der Waals surface area contributed by atoms with Crippen molar-refractivity contribution in [2.24, 2.45) is 23.7 Å². The Bertz CT molecular complexity index is 418. The van der Waals surface area contributed by atoms with Crippen molar-refractivity contribution in [3.8, 4) is 0 Å². The van der Waals surface area contributed by atoms with E-state index in [4.69, 9.17) is 4.74 Å². The number of hydrogen-bond acceptors (Lipinski definition) is 3. The van der Waals surface area contributed by atoms with Gasteiger partial charge in [-0.25, -0.2) is 0 Å². The summed E-state index contributed by atoms with van der Waals surface area (Å²) < 4.78 is 5.05. The van der Waals surface area contributed by atoms with Crippen LogP contribution in [0.25, 0.3) is 0 Å². The third kappa shape index (κ3) is 2.59. The van der Waals surface area contributed by atoms with Crippen molar-refractivity contribution in [3.63, 3.8) is 0 Å². The molecule has 0 spiro atoms. The molecule has 0 saturated heterocycles. The molecule has 1 amide bonds. The van der Waals surface area contributed by atoms with E-state index in [-0.39, 0.29) is 23.8 Å². The zero-order chi connectivity index (χ0) is 14.9. The second kappa shape index (κ2) is 5.95. The number of nitrogens with zero attached hydrogens (tertiary/aromatic N) is 1. The van der Waals surface area contributed by atoms with Gasteiger partial charge in [-0.15, -0.1) is 0 Å². The molecule has 0 aromatic rings. The number of carboxylic acid groups (broad SMARTS) is 1. The number of fused-ring (bicyclic) bond motifs is 2. The van der Waals surface area contributed by atoms with Crippen LogP contribution >= 0.6 is 0 Å². The molecule has 112 valence electrons. The molecule has 4 unspecified atom stereocenters. The summed E-state index contributed by atoms with van der Waals surface area (Å²) in [5, 5.41) is 9.42. The molecule has 0 radical (unpaired) electrons. The second-order valence-corrected chi connectivity index (χ2v) is 5.96. The third-order valence-corrected chi connectivity index (χ3v) is 4.47. The van der Waals surface area contributed by atoms with Crippen molar-refractivity contribution in [1.29, 1.82) is 0 Å². The van der Waals surface area contributed by atoms with Gasteiger partial charge in [-0.3, -0.25) is 9.59 Å². The molecule has 1 saturated carbocycles. The van der Waals surface area contributed by atoms with Gasteiger partial charge in [0.15, 0.2) is 0 Å². The minimum atomic E-state index is -0.851. The molecule has 1 N–H and O–H groups in total. The average molecular weight is 281 g/mol. The number of carbonyl (C=O) groups is 2. The number of allylic oxidation sites excluding steroid dienone is 2. The molecule has 2 aliphatic carbocycles. The molecule has 1 fully saturated rings. The van der Waals surface area contributed by atoms with Crippen LogP contribution in [0.2, 0.25) is 0 Å². The lowest BCUT2D eigenvalue weighted by atomic mass is 9.82. The van der Waals surface area contributed by atoms with Crippen LogP contribution in [0.1, 0.15) is 20.3 Å². The van der Waals surface area contributed by atoms with Crippen LogP contribution in [0.3, 0.4) is 0 Å². The van der Waals surface area contributed by atoms with Gasteiger partial charge in [-0.1, -0.05) is 12.2 Å². The second-order valence-electron chi connectivity index (χ2n) is 5.96. The maximum absolute atomic E-state index is 12.8. The predicted octanol–water partition coefficient (Wildman–Crippen LogP) is 1.39. The SMILES string of the molecule is COCCN(C(=O)C1C2C=CC(C2)C1C(=O)O)C(C)C. The molecule has 5 heteroatoms. The van der Waals surface area contributed by atoms with Gasteiger partial charge in [-0.05, 0) is 32.1 Å². The molecule has 2 aliphatic rings. The van der Waals surface area contributed by atoms with Crippen molar-refractivity contribution in [1.82, 2.24) is 4.90 Å². The Morgan fingerprint density at radius 2 is 1.90 bits per heavy atom. The number of amides is 1. The fourth-order valence-corrected chi connectivity index (χ4v) is 3.50. The summed E-state index contributed by atoms with van der Waals surface area (Å²) in [6.07, 6.45) is 4.77. The summed E-state index contributed by atoms with van der Waals surface area (Å²) in [6.45, 7) is 4.88. The Labute approximate surface area is 119 Å². The van der Waals surface area contributed by atoms with Crippen molar-refractivity contribution in [3.05, 3.63) is 12.2 Å². The minimum Gasteiger partial charge on any atom is -0.481 e. The quantitative estimate of drug-likeness (QED) is 0.747. The van der Waals surface area contributed by atoms with Crippen LogP contribution in [-0.2, 0) is 14.3 Å². The lowest BCUT2D eigenvalue weighted by molar-refractivity contribution is -0.152. The van der Waals surface area contributed by atoms with E-state index in [9.17, 15) is 14.7 Å². The Morgan fingerprint density at radius 3 is 2.40 bits per heavy atom. The first-order chi connectivity index (χ1) is 9.47. The van der Waals surface area contributed by atoms with Crippen molar-refractivity contribution < 1.29 is 19.4 Å². The third-order valence-electron chi connectivity index (χ3n) is 4.47. The summed E-state index contributed by atoms with van der Waals surface area (Å²) in [5.41, 5.74) is 0. The molecule has 2 rings (SSSR count). The fourth-order valence-electron chi connectivity index (χ4n) is 3.50. The van der Waals surface area contributed by atoms with Crippen LogP contribution in [-0.4, -0.2) is 48.2 Å². The first kappa shape index (κ1) is 15.0. The molecular formula is C15H23NO4. The number of carbonyl (C=O) groups excluding carboxylic acids is 1. The number of carboxylic acids is 1. The number of rotatable bonds is 6. The Balaban J connectivity index is 2.17. The zero-order valence-corrected chi connectivity index (χ0v) is 12.3. The minimum absolute atomic E-state index is 0.0166. The standard InChI is InChI=1S/C15H23NO4/c1-9(2)16(6-7-20-3)14(17)12-10-4-5-11(8-10)13(12)15(18)19/h4-5,9-13H,6-8H2,1-3H3,(H,18,19). The van der Waals surface area contributed by atoms with Gasteiger partial charge in [0.2, 0.25) is 5.91 Å². The van der Waals surface area contributed by atoms with E-state index in [2.05, 4.69) is 0 Å². The van der Waals surface area contributed by atoms with Crippen LogP contribution in [0, 0.1) is 23.7 Å². The topological polar surface area (TPSA) is 66.8 Å². The maximum atomic E-state index is 12.8. The van der Waals surface area contributed by atoms with E-state index < -0.39 is 17.8 Å². The maximum Gasteiger partial charge on any atom is 0.307 e. The van der Waals surface area contributed by atoms with Crippen molar-refractivity contribution in [2.75, 3.05) is 20.3 Å². The molecule has 20 heavy (non-hydrogen) atoms. The van der Waals surface area contributed by atoms with Crippen LogP contribution in [0.5, 0.6) is 0 Å². The van der Waals surface area contributed by atoms with E-state index in [0.29, 0.717) is 13.2 Å². The predicted molar refractivity (Wildman–Crippen MR) is 74.1 cm³/mol. The Kier molecular flexibility index (Phi) is 4.48. The first-order valence-electron chi connectivity index (χ1n) is 7.18. The number of aliphatic carboxylic acids is 1. The molecule has 0 aromatic carbocycles. The van der Waals surface area contributed by atoms with Gasteiger partial charge in [-0.2, -0.15) is 0 Å². The van der Waals surface area contributed by atoms with E-state index in [1.165, 1.54) is 0 Å². The van der Waals surface area contributed by atoms with E-state index in [1.54, 1.807) is 12.0 Å². The van der Waals surface area contributed by atoms with Gasteiger partial charge in [0.1, 0.15) is 0 Å². The first-order valence-corrected chi connectivity index (χ1v) is 7.18. The summed E-state index contributed by atoms with van der Waals surface area (Å²) >= 11 is 0. The van der Waals surface area contributed by atoms with Gasteiger partial charge >= 0.3 is 5.97 Å². The normalized spacial score (nSPS) is 31.0. The summed E-state index contributed by atoms with van der Waals surface area (Å²) in [6, 6.07) is 0.0511. The average Bonchev–Trinajstić information content (AvgIpc) is 2.98. The fraction of sp³-hybridized carbons (Fsp3) is 0.733. The Hall–Kier alpha value is -1.36. The Morgan fingerprint density at radius 1 is 1.30 bits per heavy atom. The van der Waals surface area contributed by atoms with Crippen LogP contribution in [0.4, 0.5) is 0 Å². The number of hydrogen-bond donors (Lipinski definition) is 1. The van der Waals surface area contributed by atoms with Crippen molar-refractivity contribution >= 4 is 11.9 Å². The van der Waals surface area contributed by atoms with Gasteiger partial charge in [0.05, 0.1) is 18.4 Å². The molecule has 0 aliphatic heterocycles. The largest absolute Gasteiger partial charge is 0.481 e.